The fourth-order valence-electron chi connectivity index (χ4n) is 2.33. The average molecular weight is 392 g/mol. The number of carbonyl (C=O) groups excluding carboxylic acids is 1. The van der Waals surface area contributed by atoms with Crippen molar-refractivity contribution >= 4 is 34.0 Å². The molecule has 0 aliphatic carbocycles. The van der Waals surface area contributed by atoms with Crippen LogP contribution >= 0.6 is 22.9 Å². The molecular formula is C16H14ClN5O3S. The first kappa shape index (κ1) is 18.0. The van der Waals surface area contributed by atoms with Gasteiger partial charge < -0.3 is 4.74 Å². The molecule has 3 rings (SSSR count). The van der Waals surface area contributed by atoms with Gasteiger partial charge in [-0.1, -0.05) is 18.5 Å². The largest absolute Gasteiger partial charge is 0.494 e. The van der Waals surface area contributed by atoms with Crippen molar-refractivity contribution in [3.63, 3.8) is 0 Å². The van der Waals surface area contributed by atoms with Crippen molar-refractivity contribution in [3.8, 4) is 16.9 Å². The first-order valence-corrected chi connectivity index (χ1v) is 8.77. The minimum atomic E-state index is -0.451. The molecule has 3 aromatic rings. The Morgan fingerprint density at radius 3 is 2.77 bits per heavy atom. The van der Waals surface area contributed by atoms with Gasteiger partial charge in [0.05, 0.1) is 18.9 Å². The predicted molar refractivity (Wildman–Crippen MR) is 99.1 cm³/mol. The summed E-state index contributed by atoms with van der Waals surface area (Å²) in [5, 5.41) is 9.02. The summed E-state index contributed by atoms with van der Waals surface area (Å²) in [5.74, 6) is 0.0222. The van der Waals surface area contributed by atoms with Crippen LogP contribution in [0.3, 0.4) is 0 Å². The Hall–Kier alpha value is -2.78. The number of nitrogens with zero attached hydrogens (tertiary/aromatic N) is 3. The van der Waals surface area contributed by atoms with Crippen molar-refractivity contribution in [2.45, 2.75) is 13.3 Å². The van der Waals surface area contributed by atoms with E-state index >= 15 is 0 Å². The highest BCUT2D eigenvalue weighted by Crippen LogP contribution is 2.34. The molecule has 0 saturated carbocycles. The number of halogens is 1. The number of methoxy groups -OCH3 is 1. The molecule has 26 heavy (non-hydrogen) atoms. The van der Waals surface area contributed by atoms with E-state index in [1.54, 1.807) is 12.1 Å². The zero-order chi connectivity index (χ0) is 18.7. The van der Waals surface area contributed by atoms with Crippen LogP contribution in [0.5, 0.6) is 5.75 Å². The molecule has 3 aromatic heterocycles. The highest BCUT2D eigenvalue weighted by molar-refractivity contribution is 7.13. The standard InChI is InChI=1S/C16H14ClN5O3S/c1-3-8-4-9(10-5-13(17)19-7-12(10)25-2)11(6-18-8)14(23)20-15-21-22-16(24)26-15/h4-7H,3H2,1-2H3,(H,22,24)(H,20,21,23). The van der Waals surface area contributed by atoms with Gasteiger partial charge in [0.2, 0.25) is 5.13 Å². The molecule has 0 bridgehead atoms. The molecule has 8 nitrogen and oxygen atoms in total. The van der Waals surface area contributed by atoms with Gasteiger partial charge in [-0.3, -0.25) is 19.9 Å². The van der Waals surface area contributed by atoms with Crippen molar-refractivity contribution in [2.75, 3.05) is 12.4 Å². The number of rotatable bonds is 5. The Balaban J connectivity index is 2.10. The number of aromatic amines is 1. The van der Waals surface area contributed by atoms with E-state index in [9.17, 15) is 9.59 Å². The molecule has 0 saturated heterocycles. The van der Waals surface area contributed by atoms with Gasteiger partial charge >= 0.3 is 4.87 Å². The average Bonchev–Trinajstić information content (AvgIpc) is 3.05. The number of anilines is 1. The smallest absolute Gasteiger partial charge is 0.324 e. The lowest BCUT2D eigenvalue weighted by Crippen LogP contribution is -2.14. The maximum Gasteiger partial charge on any atom is 0.324 e. The van der Waals surface area contributed by atoms with E-state index in [1.807, 2.05) is 6.92 Å². The summed E-state index contributed by atoms with van der Waals surface area (Å²) in [6.45, 7) is 1.96. The molecule has 0 aliphatic rings. The number of hydrogen-bond donors (Lipinski definition) is 2. The summed E-state index contributed by atoms with van der Waals surface area (Å²) >= 11 is 6.83. The number of pyridine rings is 2. The molecule has 0 aromatic carbocycles. The molecule has 0 aliphatic heterocycles. The fraction of sp³-hybridized carbons (Fsp3) is 0.188. The van der Waals surface area contributed by atoms with Gasteiger partial charge in [0.1, 0.15) is 10.9 Å². The number of carbonyl (C=O) groups is 1. The van der Waals surface area contributed by atoms with Crippen molar-refractivity contribution in [1.82, 2.24) is 20.2 Å². The zero-order valence-electron chi connectivity index (χ0n) is 13.9. The number of ether oxygens (including phenoxy) is 1. The zero-order valence-corrected chi connectivity index (χ0v) is 15.4. The Bertz CT molecular complexity index is 1020. The fourth-order valence-corrected chi connectivity index (χ4v) is 2.99. The number of hydrogen-bond acceptors (Lipinski definition) is 7. The van der Waals surface area contributed by atoms with Crippen LogP contribution in [0.1, 0.15) is 23.0 Å². The second kappa shape index (κ2) is 7.63. The van der Waals surface area contributed by atoms with Gasteiger partial charge in [0.25, 0.3) is 5.91 Å². The van der Waals surface area contributed by atoms with E-state index in [-0.39, 0.29) is 15.2 Å². The highest BCUT2D eigenvalue weighted by atomic mass is 35.5. The molecule has 0 spiro atoms. The Kier molecular flexibility index (Phi) is 5.29. The Labute approximate surface area is 157 Å². The number of aryl methyl sites for hydroxylation is 1. The summed E-state index contributed by atoms with van der Waals surface area (Å²) in [6.07, 6.45) is 3.66. The normalized spacial score (nSPS) is 10.6. The van der Waals surface area contributed by atoms with Crippen molar-refractivity contribution in [3.05, 3.63) is 50.6 Å². The van der Waals surface area contributed by atoms with Crippen LogP contribution in [-0.4, -0.2) is 33.2 Å². The molecule has 134 valence electrons. The van der Waals surface area contributed by atoms with Gasteiger partial charge in [-0.2, -0.15) is 0 Å². The van der Waals surface area contributed by atoms with E-state index < -0.39 is 5.91 Å². The van der Waals surface area contributed by atoms with Crippen molar-refractivity contribution in [1.29, 1.82) is 0 Å². The minimum Gasteiger partial charge on any atom is -0.494 e. The number of aromatic nitrogens is 4. The van der Waals surface area contributed by atoms with Crippen LogP contribution in [0.4, 0.5) is 5.13 Å². The molecule has 0 atom stereocenters. The lowest BCUT2D eigenvalue weighted by molar-refractivity contribution is 0.102. The topological polar surface area (TPSA) is 110 Å². The lowest BCUT2D eigenvalue weighted by atomic mass is 9.99. The van der Waals surface area contributed by atoms with Gasteiger partial charge in [0.15, 0.2) is 0 Å². The van der Waals surface area contributed by atoms with E-state index in [0.29, 0.717) is 28.9 Å². The van der Waals surface area contributed by atoms with Crippen LogP contribution in [-0.2, 0) is 6.42 Å². The molecular weight excluding hydrogens is 378 g/mol. The molecule has 0 radical (unpaired) electrons. The molecule has 0 fully saturated rings. The van der Waals surface area contributed by atoms with Gasteiger partial charge in [0, 0.05) is 23.0 Å². The summed E-state index contributed by atoms with van der Waals surface area (Å²) in [4.78, 5) is 31.8. The number of nitrogens with one attached hydrogen (secondary N) is 2. The summed E-state index contributed by atoms with van der Waals surface area (Å²) in [7, 11) is 1.51. The first-order valence-electron chi connectivity index (χ1n) is 7.57. The molecule has 2 N–H and O–H groups in total. The third kappa shape index (κ3) is 3.73. The second-order valence-electron chi connectivity index (χ2n) is 5.15. The monoisotopic (exact) mass is 391 g/mol. The van der Waals surface area contributed by atoms with E-state index in [2.05, 4.69) is 25.5 Å². The SMILES string of the molecule is CCc1cc(-c2cc(Cl)ncc2OC)c(C(=O)Nc2n[nH]c(=O)s2)cn1. The third-order valence-corrected chi connectivity index (χ3v) is 4.44. The van der Waals surface area contributed by atoms with Crippen molar-refractivity contribution in [2.24, 2.45) is 0 Å². The maximum atomic E-state index is 12.7. The number of amides is 1. The maximum absolute atomic E-state index is 12.7. The van der Waals surface area contributed by atoms with Crippen LogP contribution < -0.4 is 14.9 Å². The Morgan fingerprint density at radius 1 is 1.31 bits per heavy atom. The van der Waals surface area contributed by atoms with Crippen molar-refractivity contribution < 1.29 is 9.53 Å². The third-order valence-electron chi connectivity index (χ3n) is 3.57. The predicted octanol–water partition coefficient (Wildman–Crippen LogP) is 2.77. The summed E-state index contributed by atoms with van der Waals surface area (Å²) < 4.78 is 5.35. The summed E-state index contributed by atoms with van der Waals surface area (Å²) in [5.41, 5.74) is 2.31. The van der Waals surface area contributed by atoms with Gasteiger partial charge in [-0.25, -0.2) is 10.1 Å². The molecule has 0 unspecified atom stereocenters. The van der Waals surface area contributed by atoms with Crippen LogP contribution in [0.25, 0.3) is 11.1 Å². The van der Waals surface area contributed by atoms with Crippen LogP contribution in [0.2, 0.25) is 5.15 Å². The van der Waals surface area contributed by atoms with E-state index in [4.69, 9.17) is 16.3 Å². The Morgan fingerprint density at radius 2 is 2.12 bits per heavy atom. The molecule has 3 heterocycles. The van der Waals surface area contributed by atoms with Crippen LogP contribution in [0.15, 0.2) is 29.3 Å². The molecule has 1 amide bonds. The van der Waals surface area contributed by atoms with E-state index in [1.165, 1.54) is 19.5 Å². The first-order chi connectivity index (χ1) is 12.5. The highest BCUT2D eigenvalue weighted by Gasteiger charge is 2.19. The van der Waals surface area contributed by atoms with Gasteiger partial charge in [-0.05, 0) is 29.9 Å². The lowest BCUT2D eigenvalue weighted by Gasteiger charge is -2.13. The second-order valence-corrected chi connectivity index (χ2v) is 6.50. The number of H-pyrrole nitrogens is 1. The quantitative estimate of drug-likeness (QED) is 0.647. The van der Waals surface area contributed by atoms with Gasteiger partial charge in [-0.15, -0.1) is 5.10 Å². The minimum absolute atomic E-state index is 0.172. The van der Waals surface area contributed by atoms with Crippen LogP contribution in [0, 0.1) is 0 Å². The summed E-state index contributed by atoms with van der Waals surface area (Å²) in [6, 6.07) is 3.43. The molecule has 10 heteroatoms. The van der Waals surface area contributed by atoms with E-state index in [0.717, 1.165) is 17.0 Å².